The van der Waals surface area contributed by atoms with Crippen LogP contribution in [0.15, 0.2) is 0 Å². The summed E-state index contributed by atoms with van der Waals surface area (Å²) in [5, 5.41) is 20.2. The molecule has 168 valence electrons. The van der Waals surface area contributed by atoms with Gasteiger partial charge in [-0.3, -0.25) is 15.0 Å². The number of hydrogen-bond donors (Lipinski definition) is 4. The van der Waals surface area contributed by atoms with E-state index in [9.17, 15) is 10.1 Å². The summed E-state index contributed by atoms with van der Waals surface area (Å²) in [6.07, 6.45) is 7.48. The molecule has 0 aromatic carbocycles. The molecule has 0 bridgehead atoms. The number of alkyl halides is 1. The third kappa shape index (κ3) is 4.49. The second-order valence-corrected chi connectivity index (χ2v) is 10.6. The summed E-state index contributed by atoms with van der Waals surface area (Å²) in [5.74, 6) is 1.24. The molecule has 6 unspecified atom stereocenters. The summed E-state index contributed by atoms with van der Waals surface area (Å²) < 4.78 is 0. The van der Waals surface area contributed by atoms with Gasteiger partial charge in [-0.1, -0.05) is 6.92 Å². The minimum Gasteiger partial charge on any atom is -0.354 e. The molecule has 1 amide bonds. The van der Waals surface area contributed by atoms with Crippen molar-refractivity contribution in [2.24, 2.45) is 28.9 Å². The first kappa shape index (κ1) is 22.3. The second kappa shape index (κ2) is 9.30. The van der Waals surface area contributed by atoms with E-state index in [4.69, 9.17) is 17.3 Å². The van der Waals surface area contributed by atoms with Gasteiger partial charge in [0, 0.05) is 43.5 Å². The van der Waals surface area contributed by atoms with Crippen molar-refractivity contribution >= 4 is 17.5 Å². The van der Waals surface area contributed by atoms with Crippen LogP contribution >= 0.6 is 11.6 Å². The highest BCUT2D eigenvalue weighted by Gasteiger charge is 2.51. The molecule has 4 aliphatic rings. The number of nitrogens with zero attached hydrogens (tertiary/aromatic N) is 2. The molecule has 0 spiro atoms. The van der Waals surface area contributed by atoms with Gasteiger partial charge < -0.3 is 16.4 Å². The molecule has 2 aliphatic heterocycles. The Hall–Kier alpha value is -0.910. The summed E-state index contributed by atoms with van der Waals surface area (Å²) in [4.78, 5) is 15.0. The fraction of sp³-hybridized carbons (Fsp3) is 0.909. The molecule has 0 aromatic rings. The van der Waals surface area contributed by atoms with Gasteiger partial charge in [-0.05, 0) is 56.8 Å². The van der Waals surface area contributed by atoms with Crippen LogP contribution in [0.4, 0.5) is 0 Å². The number of nitrogens with two attached hydrogens (primary N) is 1. The van der Waals surface area contributed by atoms with Crippen LogP contribution in [0.25, 0.3) is 0 Å². The smallest absolute Gasteiger partial charge is 0.240 e. The summed E-state index contributed by atoms with van der Waals surface area (Å²) in [6, 6.07) is 2.59. The number of carbonyl (C=O) groups is 1. The lowest BCUT2D eigenvalue weighted by Gasteiger charge is -2.48. The second-order valence-electron chi connectivity index (χ2n) is 10.00. The molecule has 5 N–H and O–H groups in total. The molecule has 7 nitrogen and oxygen atoms in total. The van der Waals surface area contributed by atoms with Gasteiger partial charge in [-0.15, -0.1) is 11.6 Å². The fourth-order valence-electron chi connectivity index (χ4n) is 5.61. The highest BCUT2D eigenvalue weighted by molar-refractivity contribution is 6.20. The van der Waals surface area contributed by atoms with E-state index < -0.39 is 5.41 Å². The van der Waals surface area contributed by atoms with Gasteiger partial charge in [0.2, 0.25) is 5.91 Å². The van der Waals surface area contributed by atoms with Gasteiger partial charge in [-0.2, -0.15) is 5.26 Å². The number of nitrogens with one attached hydrogen (secondary N) is 3. The standard InChI is InChI=1S/C22H37ClN6O/c1-14-4-5-15(9-18(14)23)19-26-11-16(12-27-21(30)22(13-25)6-7-22)20(28-19)29-8-2-3-17(29)10-24/h14-20,26,28H,2-12,24H2,1H3,(H,27,30)/t14?,15?,16?,17-,18?,19?,20?/m0/s1. The largest absolute Gasteiger partial charge is 0.354 e. The highest BCUT2D eigenvalue weighted by atomic mass is 35.5. The van der Waals surface area contributed by atoms with Crippen LogP contribution in [0.5, 0.6) is 0 Å². The van der Waals surface area contributed by atoms with E-state index in [0.29, 0.717) is 43.8 Å². The van der Waals surface area contributed by atoms with Gasteiger partial charge in [0.15, 0.2) is 0 Å². The van der Waals surface area contributed by atoms with Crippen molar-refractivity contribution in [1.29, 1.82) is 5.26 Å². The van der Waals surface area contributed by atoms with E-state index in [2.05, 4.69) is 33.8 Å². The minimum atomic E-state index is -0.769. The van der Waals surface area contributed by atoms with Crippen molar-refractivity contribution in [2.75, 3.05) is 26.2 Å². The van der Waals surface area contributed by atoms with Gasteiger partial charge in [0.25, 0.3) is 0 Å². The molecule has 2 saturated heterocycles. The average Bonchev–Trinajstić information content (AvgIpc) is 3.43. The van der Waals surface area contributed by atoms with Crippen molar-refractivity contribution in [3.63, 3.8) is 0 Å². The molecule has 30 heavy (non-hydrogen) atoms. The van der Waals surface area contributed by atoms with Crippen LogP contribution in [0.2, 0.25) is 0 Å². The maximum atomic E-state index is 12.5. The quantitative estimate of drug-likeness (QED) is 0.468. The number of hydrogen-bond acceptors (Lipinski definition) is 6. The molecule has 0 radical (unpaired) electrons. The molecule has 8 heteroatoms. The van der Waals surface area contributed by atoms with E-state index >= 15 is 0 Å². The molecule has 2 aliphatic carbocycles. The first-order valence-corrected chi connectivity index (χ1v) is 12.2. The van der Waals surface area contributed by atoms with Gasteiger partial charge >= 0.3 is 0 Å². The van der Waals surface area contributed by atoms with Crippen molar-refractivity contribution < 1.29 is 4.79 Å². The van der Waals surface area contributed by atoms with E-state index in [1.807, 2.05) is 0 Å². The highest BCUT2D eigenvalue weighted by Crippen LogP contribution is 2.45. The Morgan fingerprint density at radius 1 is 1.37 bits per heavy atom. The summed E-state index contributed by atoms with van der Waals surface area (Å²) in [6.45, 7) is 5.37. The summed E-state index contributed by atoms with van der Waals surface area (Å²) in [5.41, 5.74) is 5.32. The molecular formula is C22H37ClN6O. The SMILES string of the molecule is CC1CCC(C2NCC(CNC(=O)C3(C#N)CC3)C(N3CCC[C@H]3CN)N2)CC1Cl. The lowest BCUT2D eigenvalue weighted by Crippen LogP contribution is -2.69. The predicted octanol–water partition coefficient (Wildman–Crippen LogP) is 1.33. The molecule has 4 rings (SSSR count). The Bertz CT molecular complexity index is 665. The maximum Gasteiger partial charge on any atom is 0.240 e. The first-order chi connectivity index (χ1) is 14.5. The Morgan fingerprint density at radius 2 is 2.17 bits per heavy atom. The van der Waals surface area contributed by atoms with Crippen LogP contribution in [-0.4, -0.2) is 60.7 Å². The average molecular weight is 437 g/mol. The van der Waals surface area contributed by atoms with Crippen molar-refractivity contribution in [1.82, 2.24) is 20.9 Å². The van der Waals surface area contributed by atoms with Crippen LogP contribution in [0, 0.1) is 34.5 Å². The first-order valence-electron chi connectivity index (χ1n) is 11.8. The van der Waals surface area contributed by atoms with Crippen molar-refractivity contribution in [2.45, 2.75) is 75.6 Å². The summed E-state index contributed by atoms with van der Waals surface area (Å²) >= 11 is 6.61. The number of amides is 1. The van der Waals surface area contributed by atoms with Crippen LogP contribution in [0.3, 0.4) is 0 Å². The monoisotopic (exact) mass is 436 g/mol. The molecule has 0 aromatic heterocycles. The van der Waals surface area contributed by atoms with Crippen molar-refractivity contribution in [3.8, 4) is 6.07 Å². The number of halogens is 1. The number of carbonyl (C=O) groups excluding carboxylic acids is 1. The van der Waals surface area contributed by atoms with E-state index in [1.54, 1.807) is 0 Å². The molecule has 2 heterocycles. The zero-order valence-corrected chi connectivity index (χ0v) is 18.8. The van der Waals surface area contributed by atoms with Crippen LogP contribution in [-0.2, 0) is 4.79 Å². The fourth-order valence-corrected chi connectivity index (χ4v) is 5.96. The predicted molar refractivity (Wildman–Crippen MR) is 117 cm³/mol. The third-order valence-electron chi connectivity index (χ3n) is 7.98. The number of likely N-dealkylation sites (tertiary alicyclic amines) is 1. The maximum absolute atomic E-state index is 12.5. The van der Waals surface area contributed by atoms with E-state index in [-0.39, 0.29) is 29.5 Å². The molecule has 2 saturated carbocycles. The molecule has 4 fully saturated rings. The van der Waals surface area contributed by atoms with E-state index in [1.165, 1.54) is 19.3 Å². The Balaban J connectivity index is 1.42. The zero-order chi connectivity index (χ0) is 21.3. The lowest BCUT2D eigenvalue weighted by molar-refractivity contribution is -0.124. The third-order valence-corrected chi connectivity index (χ3v) is 8.59. The number of nitriles is 1. The molecular weight excluding hydrogens is 400 g/mol. The van der Waals surface area contributed by atoms with Gasteiger partial charge in [0.1, 0.15) is 5.41 Å². The lowest BCUT2D eigenvalue weighted by atomic mass is 9.80. The van der Waals surface area contributed by atoms with Gasteiger partial charge in [0.05, 0.1) is 18.4 Å². The Labute approximate surface area is 185 Å². The van der Waals surface area contributed by atoms with Crippen LogP contribution in [0.1, 0.15) is 51.9 Å². The Kier molecular flexibility index (Phi) is 6.91. The Morgan fingerprint density at radius 3 is 2.83 bits per heavy atom. The van der Waals surface area contributed by atoms with Gasteiger partial charge in [-0.25, -0.2) is 0 Å². The van der Waals surface area contributed by atoms with Crippen molar-refractivity contribution in [3.05, 3.63) is 0 Å². The zero-order valence-electron chi connectivity index (χ0n) is 18.1. The number of rotatable bonds is 6. The minimum absolute atomic E-state index is 0.103. The van der Waals surface area contributed by atoms with Crippen LogP contribution < -0.4 is 21.7 Å². The summed E-state index contributed by atoms with van der Waals surface area (Å²) in [7, 11) is 0. The molecule has 7 atom stereocenters. The topological polar surface area (TPSA) is 106 Å². The van der Waals surface area contributed by atoms with E-state index in [0.717, 1.165) is 25.9 Å². The normalized spacial score (nSPS) is 41.2.